The lowest BCUT2D eigenvalue weighted by Crippen LogP contribution is -1.68. The van der Waals surface area contributed by atoms with Gasteiger partial charge in [-0.2, -0.15) is 0 Å². The summed E-state index contributed by atoms with van der Waals surface area (Å²) < 4.78 is 5.15. The zero-order valence-electron chi connectivity index (χ0n) is 5.35. The van der Waals surface area contributed by atoms with Crippen LogP contribution < -0.4 is 0 Å². The van der Waals surface area contributed by atoms with Crippen LogP contribution in [0, 0.1) is 12.3 Å². The van der Waals surface area contributed by atoms with E-state index in [9.17, 15) is 0 Å². The molecule has 0 aromatic carbocycles. The molecule has 0 aliphatic heterocycles. The van der Waals surface area contributed by atoms with Gasteiger partial charge in [0.25, 0.3) is 0 Å². The van der Waals surface area contributed by atoms with Crippen LogP contribution in [0.25, 0.3) is 0 Å². The molecule has 0 radical (unpaired) electrons. The number of furan rings is 1. The molecule has 1 rings (SSSR count). The van der Waals surface area contributed by atoms with Crippen LogP contribution >= 0.6 is 0 Å². The molecule has 9 heavy (non-hydrogen) atoms. The minimum atomic E-state index is 0.617. The molecule has 1 nitrogen and oxygen atoms in total. The second kappa shape index (κ2) is 2.41. The molecule has 0 unspecified atom stereocenters. The summed E-state index contributed by atoms with van der Waals surface area (Å²) in [5, 5.41) is 0. The summed E-state index contributed by atoms with van der Waals surface area (Å²) in [5.41, 5.74) is 0. The van der Waals surface area contributed by atoms with E-state index in [2.05, 4.69) is 5.92 Å². The van der Waals surface area contributed by atoms with E-state index in [0.717, 1.165) is 12.2 Å². The maximum atomic E-state index is 5.15. The van der Waals surface area contributed by atoms with Crippen molar-refractivity contribution in [2.24, 2.45) is 0 Å². The second-order valence-corrected chi connectivity index (χ2v) is 1.76. The van der Waals surface area contributed by atoms with Crippen molar-refractivity contribution in [3.63, 3.8) is 0 Å². The van der Waals surface area contributed by atoms with Crippen molar-refractivity contribution in [3.8, 4) is 12.3 Å². The lowest BCUT2D eigenvalue weighted by atomic mass is 10.4. The average Bonchev–Trinajstić information content (AvgIpc) is 2.34. The fraction of sp³-hybridized carbons (Fsp3) is 0.250. The van der Waals surface area contributed by atoms with Crippen LogP contribution in [0.4, 0.5) is 0 Å². The highest BCUT2D eigenvalue weighted by atomic mass is 16.3. The van der Waals surface area contributed by atoms with Gasteiger partial charge in [-0.05, 0) is 18.1 Å². The fourth-order valence-electron chi connectivity index (χ4n) is 0.646. The molecule has 0 fully saturated rings. The molecule has 0 saturated carbocycles. The van der Waals surface area contributed by atoms with Gasteiger partial charge in [0.2, 0.25) is 0 Å². The molecule has 0 aliphatic carbocycles. The van der Waals surface area contributed by atoms with Gasteiger partial charge in [0, 0.05) is 6.42 Å². The third-order valence-electron chi connectivity index (χ3n) is 1.15. The van der Waals surface area contributed by atoms with Crippen molar-refractivity contribution < 1.29 is 4.42 Å². The summed E-state index contributed by atoms with van der Waals surface area (Å²) in [5.74, 6) is 3.98. The Morgan fingerprint density at radius 1 is 1.67 bits per heavy atom. The Hall–Kier alpha value is -1.16. The number of rotatable bonds is 1. The molecule has 46 valence electrons. The minimum Gasteiger partial charge on any atom is -0.453 e. The van der Waals surface area contributed by atoms with Gasteiger partial charge < -0.3 is 4.42 Å². The molecule has 1 heteroatoms. The first-order valence-corrected chi connectivity index (χ1v) is 2.92. The van der Waals surface area contributed by atoms with Gasteiger partial charge in [-0.15, -0.1) is 6.42 Å². The summed E-state index contributed by atoms with van der Waals surface area (Å²) in [6, 6.07) is 3.70. The van der Waals surface area contributed by atoms with E-state index in [1.165, 1.54) is 0 Å². The first kappa shape index (κ1) is 5.97. The van der Waals surface area contributed by atoms with Gasteiger partial charge in [0.15, 0.2) is 5.76 Å². The van der Waals surface area contributed by atoms with Crippen molar-refractivity contribution in [1.82, 2.24) is 0 Å². The molecular weight excluding hydrogens is 112 g/mol. The van der Waals surface area contributed by atoms with E-state index in [4.69, 9.17) is 10.8 Å². The van der Waals surface area contributed by atoms with E-state index in [1.807, 2.05) is 13.0 Å². The van der Waals surface area contributed by atoms with E-state index in [-0.39, 0.29) is 0 Å². The van der Waals surface area contributed by atoms with Gasteiger partial charge in [0.05, 0.1) is 0 Å². The van der Waals surface area contributed by atoms with Crippen LogP contribution in [0.5, 0.6) is 0 Å². The molecule has 0 spiro atoms. The molecule has 1 heterocycles. The molecule has 1 aromatic heterocycles. The van der Waals surface area contributed by atoms with Crippen molar-refractivity contribution in [2.45, 2.75) is 13.3 Å². The van der Waals surface area contributed by atoms with Gasteiger partial charge in [-0.3, -0.25) is 0 Å². The third-order valence-corrected chi connectivity index (χ3v) is 1.15. The Balaban J connectivity index is 2.90. The highest BCUT2D eigenvalue weighted by molar-refractivity contribution is 5.22. The summed E-state index contributed by atoms with van der Waals surface area (Å²) in [6.45, 7) is 2.03. The topological polar surface area (TPSA) is 13.1 Å². The number of aryl methyl sites for hydroxylation is 1. The Morgan fingerprint density at radius 3 is 2.78 bits per heavy atom. The molecule has 0 atom stereocenters. The first-order valence-electron chi connectivity index (χ1n) is 2.92. The number of hydrogen-bond donors (Lipinski definition) is 0. The molecule has 0 N–H and O–H groups in total. The van der Waals surface area contributed by atoms with Crippen LogP contribution in [0.15, 0.2) is 16.5 Å². The first-order chi connectivity index (χ1) is 4.36. The standard InChI is InChI=1S/C8H8O/c1-3-7-5-6-8(4-2)9-7/h1,5-6H,4H2,2H3. The highest BCUT2D eigenvalue weighted by Crippen LogP contribution is 2.05. The summed E-state index contributed by atoms with van der Waals surface area (Å²) in [4.78, 5) is 0. The summed E-state index contributed by atoms with van der Waals surface area (Å²) >= 11 is 0. The lowest BCUT2D eigenvalue weighted by Gasteiger charge is -1.82. The summed E-state index contributed by atoms with van der Waals surface area (Å²) in [7, 11) is 0. The highest BCUT2D eigenvalue weighted by Gasteiger charge is 1.93. The zero-order chi connectivity index (χ0) is 6.69. The Morgan fingerprint density at radius 2 is 2.44 bits per heavy atom. The van der Waals surface area contributed by atoms with E-state index >= 15 is 0 Å². The van der Waals surface area contributed by atoms with Crippen LogP contribution in [-0.2, 0) is 6.42 Å². The minimum absolute atomic E-state index is 0.617. The van der Waals surface area contributed by atoms with Crippen molar-refractivity contribution >= 4 is 0 Å². The van der Waals surface area contributed by atoms with Crippen LogP contribution in [0.3, 0.4) is 0 Å². The second-order valence-electron chi connectivity index (χ2n) is 1.76. The predicted molar refractivity (Wildman–Crippen MR) is 36.0 cm³/mol. The van der Waals surface area contributed by atoms with Gasteiger partial charge >= 0.3 is 0 Å². The van der Waals surface area contributed by atoms with Crippen LogP contribution in [-0.4, -0.2) is 0 Å². The summed E-state index contributed by atoms with van der Waals surface area (Å²) in [6.07, 6.45) is 5.98. The van der Waals surface area contributed by atoms with Crippen LogP contribution in [0.1, 0.15) is 18.4 Å². The van der Waals surface area contributed by atoms with Gasteiger partial charge in [-0.25, -0.2) is 0 Å². The average molecular weight is 120 g/mol. The van der Waals surface area contributed by atoms with Gasteiger partial charge in [0.1, 0.15) is 5.76 Å². The molecule has 0 saturated heterocycles. The monoisotopic (exact) mass is 120 g/mol. The lowest BCUT2D eigenvalue weighted by molar-refractivity contribution is 0.505. The Labute approximate surface area is 54.7 Å². The van der Waals surface area contributed by atoms with Crippen LogP contribution in [0.2, 0.25) is 0 Å². The normalized spacial score (nSPS) is 8.89. The molecular formula is C8H8O. The van der Waals surface area contributed by atoms with E-state index in [0.29, 0.717) is 5.76 Å². The quantitative estimate of drug-likeness (QED) is 0.515. The zero-order valence-corrected chi connectivity index (χ0v) is 5.35. The molecule has 0 amide bonds. The fourth-order valence-corrected chi connectivity index (χ4v) is 0.646. The molecule has 0 aliphatic rings. The number of terminal acetylenes is 1. The SMILES string of the molecule is C#Cc1ccc(CC)o1. The molecule has 0 bridgehead atoms. The maximum absolute atomic E-state index is 5.15. The molecule has 1 aromatic rings. The van der Waals surface area contributed by atoms with Crippen molar-refractivity contribution in [1.29, 1.82) is 0 Å². The Bertz CT molecular complexity index is 227. The predicted octanol–water partition coefficient (Wildman–Crippen LogP) is 1.82. The smallest absolute Gasteiger partial charge is 0.176 e. The van der Waals surface area contributed by atoms with Crippen molar-refractivity contribution in [2.75, 3.05) is 0 Å². The van der Waals surface area contributed by atoms with E-state index in [1.54, 1.807) is 6.07 Å². The third kappa shape index (κ3) is 1.14. The maximum Gasteiger partial charge on any atom is 0.176 e. The van der Waals surface area contributed by atoms with E-state index < -0.39 is 0 Å². The van der Waals surface area contributed by atoms with Crippen molar-refractivity contribution in [3.05, 3.63) is 23.7 Å². The largest absolute Gasteiger partial charge is 0.453 e. The van der Waals surface area contributed by atoms with Gasteiger partial charge in [-0.1, -0.05) is 6.92 Å². The number of hydrogen-bond acceptors (Lipinski definition) is 1. The Kier molecular flexibility index (Phi) is 1.60.